The fraction of sp³-hybridized carbons (Fsp3) is 0.571. The molecule has 0 unspecified atom stereocenters. The largest absolute Gasteiger partial charge is 0.353 e. The lowest BCUT2D eigenvalue weighted by Crippen LogP contribution is -2.42. The van der Waals surface area contributed by atoms with Gasteiger partial charge in [0, 0.05) is 24.5 Å². The van der Waals surface area contributed by atoms with Gasteiger partial charge in [-0.2, -0.15) is 0 Å². The third-order valence-corrected chi connectivity index (χ3v) is 3.69. The van der Waals surface area contributed by atoms with Crippen LogP contribution in [0.25, 0.3) is 0 Å². The second kappa shape index (κ2) is 6.56. The number of carbonyl (C=O) groups is 2. The topological polar surface area (TPSA) is 96.2 Å². The summed E-state index contributed by atoms with van der Waals surface area (Å²) < 4.78 is 0. The van der Waals surface area contributed by atoms with Crippen LogP contribution in [0.2, 0.25) is 0 Å². The zero-order chi connectivity index (χ0) is 14.5. The van der Waals surface area contributed by atoms with E-state index in [0.29, 0.717) is 5.57 Å². The van der Waals surface area contributed by atoms with Crippen molar-refractivity contribution in [3.8, 4) is 0 Å². The Bertz CT molecular complexity index is 462. The van der Waals surface area contributed by atoms with E-state index >= 15 is 0 Å². The van der Waals surface area contributed by atoms with E-state index < -0.39 is 0 Å². The molecule has 1 aliphatic heterocycles. The SMILES string of the molecule is CC1=CNC(=O)/C(=C(/CN)C(=O)NC2CCCCC2)N1. The molecule has 0 radical (unpaired) electrons. The van der Waals surface area contributed by atoms with Crippen LogP contribution in [0.15, 0.2) is 23.2 Å². The van der Waals surface area contributed by atoms with Crippen LogP contribution in [0.1, 0.15) is 39.0 Å². The Balaban J connectivity index is 2.11. The zero-order valence-electron chi connectivity index (χ0n) is 11.8. The summed E-state index contributed by atoms with van der Waals surface area (Å²) in [6, 6.07) is 0.196. The Morgan fingerprint density at radius 3 is 2.75 bits per heavy atom. The molecular weight excluding hydrogens is 256 g/mol. The second-order valence-electron chi connectivity index (χ2n) is 5.29. The number of rotatable bonds is 3. The Morgan fingerprint density at radius 1 is 1.40 bits per heavy atom. The van der Waals surface area contributed by atoms with Gasteiger partial charge in [-0.3, -0.25) is 9.59 Å². The normalized spacial score (nSPS) is 22.5. The van der Waals surface area contributed by atoms with Crippen molar-refractivity contribution in [3.05, 3.63) is 23.2 Å². The Hall–Kier alpha value is -1.82. The van der Waals surface area contributed by atoms with Crippen molar-refractivity contribution in [2.45, 2.75) is 45.1 Å². The molecule has 0 spiro atoms. The molecule has 1 fully saturated rings. The van der Waals surface area contributed by atoms with Crippen molar-refractivity contribution in [1.82, 2.24) is 16.0 Å². The first-order valence-electron chi connectivity index (χ1n) is 7.10. The van der Waals surface area contributed by atoms with Gasteiger partial charge in [0.05, 0.1) is 5.57 Å². The molecule has 0 atom stereocenters. The standard InChI is InChI=1S/C14H22N4O2/c1-9-8-16-14(20)12(17-9)11(7-15)13(19)18-10-5-3-2-4-6-10/h8,10,17H,2-7,15H2,1H3,(H,16,20)(H,18,19)/b12-11+. The van der Waals surface area contributed by atoms with E-state index in [9.17, 15) is 9.59 Å². The molecule has 6 heteroatoms. The lowest BCUT2D eigenvalue weighted by atomic mass is 9.95. The van der Waals surface area contributed by atoms with Crippen LogP contribution in [-0.4, -0.2) is 24.4 Å². The minimum absolute atomic E-state index is 0.0294. The van der Waals surface area contributed by atoms with Gasteiger partial charge in [0.2, 0.25) is 0 Å². The number of nitrogens with two attached hydrogens (primary N) is 1. The number of nitrogens with one attached hydrogen (secondary N) is 3. The molecule has 1 heterocycles. The van der Waals surface area contributed by atoms with Crippen LogP contribution < -0.4 is 21.7 Å². The number of amides is 2. The minimum Gasteiger partial charge on any atom is -0.353 e. The van der Waals surface area contributed by atoms with E-state index in [2.05, 4.69) is 16.0 Å². The smallest absolute Gasteiger partial charge is 0.272 e. The molecule has 1 aliphatic carbocycles. The molecule has 20 heavy (non-hydrogen) atoms. The molecular formula is C14H22N4O2. The quantitative estimate of drug-likeness (QED) is 0.556. The van der Waals surface area contributed by atoms with Crippen LogP contribution in [0, 0.1) is 0 Å². The Labute approximate surface area is 118 Å². The molecule has 2 rings (SSSR count). The van der Waals surface area contributed by atoms with E-state index in [1.807, 2.05) is 6.92 Å². The molecule has 2 aliphatic rings. The third kappa shape index (κ3) is 3.39. The van der Waals surface area contributed by atoms with Gasteiger partial charge in [0.25, 0.3) is 11.8 Å². The molecule has 5 N–H and O–H groups in total. The highest BCUT2D eigenvalue weighted by Gasteiger charge is 2.24. The summed E-state index contributed by atoms with van der Waals surface area (Å²) in [6.45, 7) is 1.84. The molecule has 0 aromatic carbocycles. The van der Waals surface area contributed by atoms with E-state index in [1.54, 1.807) is 6.20 Å². The van der Waals surface area contributed by atoms with Crippen molar-refractivity contribution in [1.29, 1.82) is 0 Å². The Kier molecular flexibility index (Phi) is 4.79. The molecule has 0 aromatic rings. The van der Waals surface area contributed by atoms with Crippen LogP contribution in [0.5, 0.6) is 0 Å². The summed E-state index contributed by atoms with van der Waals surface area (Å²) >= 11 is 0. The number of allylic oxidation sites excluding steroid dienone is 1. The van der Waals surface area contributed by atoms with Crippen LogP contribution in [0.3, 0.4) is 0 Å². The van der Waals surface area contributed by atoms with Gasteiger partial charge in [0.1, 0.15) is 5.70 Å². The van der Waals surface area contributed by atoms with E-state index in [1.165, 1.54) is 6.42 Å². The molecule has 0 bridgehead atoms. The fourth-order valence-electron chi connectivity index (χ4n) is 2.58. The second-order valence-corrected chi connectivity index (χ2v) is 5.29. The van der Waals surface area contributed by atoms with Gasteiger partial charge in [-0.05, 0) is 19.8 Å². The predicted octanol–water partition coefficient (Wildman–Crippen LogP) is 0.229. The molecule has 1 saturated carbocycles. The third-order valence-electron chi connectivity index (χ3n) is 3.69. The van der Waals surface area contributed by atoms with Crippen molar-refractivity contribution < 1.29 is 9.59 Å². The maximum atomic E-state index is 12.3. The van der Waals surface area contributed by atoms with Gasteiger partial charge < -0.3 is 21.7 Å². The summed E-state index contributed by atoms with van der Waals surface area (Å²) in [5, 5.41) is 8.51. The van der Waals surface area contributed by atoms with Crippen LogP contribution in [0.4, 0.5) is 0 Å². The average molecular weight is 278 g/mol. The molecule has 0 aromatic heterocycles. The lowest BCUT2D eigenvalue weighted by molar-refractivity contribution is -0.120. The first-order chi connectivity index (χ1) is 9.61. The number of hydrogen-bond acceptors (Lipinski definition) is 4. The Morgan fingerprint density at radius 2 is 2.10 bits per heavy atom. The maximum absolute atomic E-state index is 12.3. The summed E-state index contributed by atoms with van der Waals surface area (Å²) in [4.78, 5) is 24.1. The van der Waals surface area contributed by atoms with E-state index in [0.717, 1.165) is 31.4 Å². The van der Waals surface area contributed by atoms with Gasteiger partial charge in [-0.25, -0.2) is 0 Å². The summed E-state index contributed by atoms with van der Waals surface area (Å²) in [6.07, 6.45) is 7.07. The van der Waals surface area contributed by atoms with Crippen molar-refractivity contribution >= 4 is 11.8 Å². The van der Waals surface area contributed by atoms with Gasteiger partial charge >= 0.3 is 0 Å². The first kappa shape index (κ1) is 14.6. The van der Waals surface area contributed by atoms with Crippen molar-refractivity contribution in [2.24, 2.45) is 5.73 Å². The number of carbonyl (C=O) groups excluding carboxylic acids is 2. The zero-order valence-corrected chi connectivity index (χ0v) is 11.8. The van der Waals surface area contributed by atoms with Crippen molar-refractivity contribution in [3.63, 3.8) is 0 Å². The highest BCUT2D eigenvalue weighted by molar-refractivity contribution is 6.05. The highest BCUT2D eigenvalue weighted by atomic mass is 16.2. The van der Waals surface area contributed by atoms with E-state index in [-0.39, 0.29) is 30.1 Å². The van der Waals surface area contributed by atoms with Gasteiger partial charge in [-0.15, -0.1) is 0 Å². The van der Waals surface area contributed by atoms with E-state index in [4.69, 9.17) is 5.73 Å². The highest BCUT2D eigenvalue weighted by Crippen LogP contribution is 2.18. The summed E-state index contributed by atoms with van der Waals surface area (Å²) in [5.74, 6) is -0.568. The molecule has 6 nitrogen and oxygen atoms in total. The summed E-state index contributed by atoms with van der Waals surface area (Å²) in [7, 11) is 0. The van der Waals surface area contributed by atoms with Crippen molar-refractivity contribution in [2.75, 3.05) is 6.54 Å². The molecule has 0 saturated heterocycles. The average Bonchev–Trinajstić information content (AvgIpc) is 2.44. The van der Waals surface area contributed by atoms with Gasteiger partial charge in [-0.1, -0.05) is 19.3 Å². The lowest BCUT2D eigenvalue weighted by Gasteiger charge is -2.24. The van der Waals surface area contributed by atoms with Gasteiger partial charge in [0.15, 0.2) is 0 Å². The number of hydrogen-bond donors (Lipinski definition) is 4. The predicted molar refractivity (Wildman–Crippen MR) is 76.1 cm³/mol. The first-order valence-corrected chi connectivity index (χ1v) is 7.10. The van der Waals surface area contributed by atoms with Crippen LogP contribution in [-0.2, 0) is 9.59 Å². The summed E-state index contributed by atoms with van der Waals surface area (Å²) in [5.41, 5.74) is 6.99. The molecule has 110 valence electrons. The maximum Gasteiger partial charge on any atom is 0.272 e. The minimum atomic E-state index is -0.324. The van der Waals surface area contributed by atoms with Crippen LogP contribution >= 0.6 is 0 Å². The fourth-order valence-corrected chi connectivity index (χ4v) is 2.58. The molecule has 2 amide bonds. The monoisotopic (exact) mass is 278 g/mol.